The summed E-state index contributed by atoms with van der Waals surface area (Å²) in [6.45, 7) is 3.94. The van der Waals surface area contributed by atoms with Crippen LogP contribution in [-0.4, -0.2) is 23.6 Å². The van der Waals surface area contributed by atoms with Gasteiger partial charge >= 0.3 is 0 Å². The number of fused-ring (bicyclic) bond motifs is 2. The van der Waals surface area contributed by atoms with Crippen LogP contribution in [0.3, 0.4) is 0 Å². The summed E-state index contributed by atoms with van der Waals surface area (Å²) in [5.41, 5.74) is 18.8. The maximum Gasteiger partial charge on any atom is 0.293 e. The average molecular weight is 400 g/mol. The smallest absolute Gasteiger partial charge is 0.293 e. The van der Waals surface area contributed by atoms with E-state index in [1.54, 1.807) is 12.1 Å². The minimum atomic E-state index is -0.837. The molecule has 8 nitrogen and oxygen atoms in total. The van der Waals surface area contributed by atoms with Gasteiger partial charge in [-0.1, -0.05) is 30.7 Å². The minimum absolute atomic E-state index is 0.101. The van der Waals surface area contributed by atoms with Crippen molar-refractivity contribution in [2.45, 2.75) is 0 Å². The maximum absolute atomic E-state index is 12.3. The molecule has 0 spiro atoms. The molecule has 0 bridgehead atoms. The van der Waals surface area contributed by atoms with Gasteiger partial charge in [0, 0.05) is 22.3 Å². The lowest BCUT2D eigenvalue weighted by atomic mass is 9.95. The van der Waals surface area contributed by atoms with Crippen LogP contribution in [0.5, 0.6) is 11.5 Å². The molecule has 0 saturated heterocycles. The molecule has 2 amide bonds. The van der Waals surface area contributed by atoms with E-state index in [4.69, 9.17) is 26.7 Å². The summed E-state index contributed by atoms with van der Waals surface area (Å²) in [6.07, 6.45) is 0. The lowest BCUT2D eigenvalue weighted by molar-refractivity contribution is -0.112. The first-order valence-corrected chi connectivity index (χ1v) is 8.79. The molecule has 0 saturated carbocycles. The van der Waals surface area contributed by atoms with Gasteiger partial charge in [0.15, 0.2) is 11.5 Å². The van der Waals surface area contributed by atoms with Crippen molar-refractivity contribution < 1.29 is 19.1 Å². The number of nitrogens with zero attached hydrogens (tertiary/aromatic N) is 1. The Bertz CT molecular complexity index is 1320. The van der Waals surface area contributed by atoms with Gasteiger partial charge in [0.05, 0.1) is 11.3 Å². The van der Waals surface area contributed by atoms with Crippen molar-refractivity contribution in [1.82, 2.24) is 4.98 Å². The number of pyridine rings is 1. The van der Waals surface area contributed by atoms with Gasteiger partial charge in [-0.05, 0) is 29.3 Å². The molecule has 2 aromatic carbocycles. The lowest BCUT2D eigenvalue weighted by Gasteiger charge is -2.13. The number of primary amides is 2. The first-order chi connectivity index (χ1) is 14.3. The Hall–Kier alpha value is -4.51. The number of aromatic nitrogens is 1. The summed E-state index contributed by atoms with van der Waals surface area (Å²) < 4.78 is 10.8. The van der Waals surface area contributed by atoms with Crippen LogP contribution in [0.25, 0.3) is 27.5 Å². The van der Waals surface area contributed by atoms with Crippen molar-refractivity contribution in [1.29, 1.82) is 0 Å². The third kappa shape index (κ3) is 3.25. The Labute approximate surface area is 171 Å². The summed E-state index contributed by atoms with van der Waals surface area (Å²) >= 11 is 0. The molecule has 0 unspecified atom stereocenters. The monoisotopic (exact) mass is 400 g/mol. The van der Waals surface area contributed by atoms with Crippen LogP contribution < -0.4 is 26.7 Å². The molecule has 1 aliphatic rings. The van der Waals surface area contributed by atoms with Crippen LogP contribution in [0.1, 0.15) is 16.1 Å². The number of anilines is 1. The first-order valence-electron chi connectivity index (χ1n) is 8.79. The van der Waals surface area contributed by atoms with E-state index < -0.39 is 11.8 Å². The first kappa shape index (κ1) is 18.8. The highest BCUT2D eigenvalue weighted by Gasteiger charge is 2.20. The van der Waals surface area contributed by atoms with Crippen molar-refractivity contribution in [2.75, 3.05) is 12.5 Å². The van der Waals surface area contributed by atoms with Crippen LogP contribution in [0.4, 0.5) is 5.82 Å². The zero-order valence-electron chi connectivity index (χ0n) is 15.7. The van der Waals surface area contributed by atoms with Gasteiger partial charge in [-0.3, -0.25) is 9.59 Å². The number of rotatable bonds is 3. The molecule has 0 aliphatic carbocycles. The zero-order valence-corrected chi connectivity index (χ0v) is 15.7. The predicted molar refractivity (Wildman–Crippen MR) is 112 cm³/mol. The summed E-state index contributed by atoms with van der Waals surface area (Å²) in [4.78, 5) is 27.5. The summed E-state index contributed by atoms with van der Waals surface area (Å²) in [7, 11) is 0. The van der Waals surface area contributed by atoms with E-state index in [1.807, 2.05) is 24.3 Å². The minimum Gasteiger partial charge on any atom is -0.454 e. The van der Waals surface area contributed by atoms with E-state index in [9.17, 15) is 9.59 Å². The number of carbonyl (C=O) groups is 2. The van der Waals surface area contributed by atoms with Crippen LogP contribution >= 0.6 is 0 Å². The van der Waals surface area contributed by atoms with Gasteiger partial charge in [0.25, 0.3) is 11.8 Å². The lowest BCUT2D eigenvalue weighted by Crippen LogP contribution is -2.16. The quantitative estimate of drug-likeness (QED) is 0.572. The van der Waals surface area contributed by atoms with E-state index in [0.717, 1.165) is 11.1 Å². The SMILES string of the molecule is C=C(C#CC(N)=O)c1nc(N)c2ccc(-c3ccc4c(c3)OCO4)cc2c1C(N)=O. The average Bonchev–Trinajstić information content (AvgIpc) is 3.19. The van der Waals surface area contributed by atoms with Gasteiger partial charge < -0.3 is 26.7 Å². The van der Waals surface area contributed by atoms with Crippen LogP contribution in [0.2, 0.25) is 0 Å². The van der Waals surface area contributed by atoms with E-state index in [0.29, 0.717) is 22.3 Å². The second kappa shape index (κ2) is 7.14. The number of nitrogen functional groups attached to an aromatic ring is 1. The second-order valence-electron chi connectivity index (χ2n) is 6.51. The normalized spacial score (nSPS) is 11.6. The number of ether oxygens (including phenoxy) is 2. The Morgan fingerprint density at radius 1 is 0.967 bits per heavy atom. The summed E-state index contributed by atoms with van der Waals surface area (Å²) in [6, 6.07) is 10.9. The molecule has 8 heteroatoms. The fraction of sp³-hybridized carbons (Fsp3) is 0.0455. The van der Waals surface area contributed by atoms with Crippen molar-refractivity contribution in [2.24, 2.45) is 11.5 Å². The number of hydrogen-bond donors (Lipinski definition) is 3. The van der Waals surface area contributed by atoms with Crippen LogP contribution in [0, 0.1) is 11.8 Å². The van der Waals surface area contributed by atoms with Gasteiger partial charge in [0.2, 0.25) is 6.79 Å². The number of hydrogen-bond acceptors (Lipinski definition) is 6. The molecule has 2 heterocycles. The number of carbonyl (C=O) groups excluding carboxylic acids is 2. The van der Waals surface area contributed by atoms with Gasteiger partial charge in [0.1, 0.15) is 5.82 Å². The van der Waals surface area contributed by atoms with E-state index in [2.05, 4.69) is 23.4 Å². The Morgan fingerprint density at radius 2 is 1.67 bits per heavy atom. The van der Waals surface area contributed by atoms with Crippen molar-refractivity contribution in [3.63, 3.8) is 0 Å². The zero-order chi connectivity index (χ0) is 21.4. The third-order valence-corrected chi connectivity index (χ3v) is 4.61. The van der Waals surface area contributed by atoms with Crippen molar-refractivity contribution in [3.8, 4) is 34.5 Å². The molecular weight excluding hydrogens is 384 g/mol. The molecule has 148 valence electrons. The van der Waals surface area contributed by atoms with Crippen molar-refractivity contribution in [3.05, 3.63) is 54.2 Å². The predicted octanol–water partition coefficient (Wildman–Crippen LogP) is 1.81. The molecule has 6 N–H and O–H groups in total. The highest BCUT2D eigenvalue weighted by atomic mass is 16.7. The largest absolute Gasteiger partial charge is 0.454 e. The van der Waals surface area contributed by atoms with Crippen LogP contribution in [0.15, 0.2) is 43.0 Å². The van der Waals surface area contributed by atoms with E-state index >= 15 is 0 Å². The highest BCUT2D eigenvalue weighted by Crippen LogP contribution is 2.38. The molecule has 3 aromatic rings. The van der Waals surface area contributed by atoms with Crippen molar-refractivity contribution >= 4 is 34.0 Å². The Kier molecular flexibility index (Phi) is 4.49. The number of benzene rings is 2. The molecule has 0 atom stereocenters. The highest BCUT2D eigenvalue weighted by molar-refractivity contribution is 6.13. The molecule has 1 aromatic heterocycles. The Balaban J connectivity index is 1.93. The summed E-state index contributed by atoms with van der Waals surface area (Å²) in [5.74, 6) is 4.55. The molecule has 0 fully saturated rings. The van der Waals surface area contributed by atoms with E-state index in [-0.39, 0.29) is 29.4 Å². The standard InChI is InChI=1S/C22H16N4O4/c1-11(2-7-18(23)27)20-19(22(25)28)15-8-12(3-5-14(15)21(24)26-20)13-4-6-16-17(9-13)30-10-29-16/h3-6,8-9H,1,10H2,(H2,23,27)(H2,24,26)(H2,25,28). The maximum atomic E-state index is 12.3. The fourth-order valence-electron chi connectivity index (χ4n) is 3.26. The molecule has 0 radical (unpaired) electrons. The van der Waals surface area contributed by atoms with Gasteiger partial charge in [-0.15, -0.1) is 0 Å². The topological polar surface area (TPSA) is 144 Å². The molecule has 4 rings (SSSR count). The molecule has 30 heavy (non-hydrogen) atoms. The molecule has 1 aliphatic heterocycles. The third-order valence-electron chi connectivity index (χ3n) is 4.61. The van der Waals surface area contributed by atoms with Gasteiger partial charge in [-0.25, -0.2) is 4.98 Å². The van der Waals surface area contributed by atoms with Gasteiger partial charge in [-0.2, -0.15) is 0 Å². The molecular formula is C22H16N4O4. The number of nitrogens with two attached hydrogens (primary N) is 3. The summed E-state index contributed by atoms with van der Waals surface area (Å²) in [5, 5.41) is 1.04. The Morgan fingerprint density at radius 3 is 2.40 bits per heavy atom. The number of amides is 2. The second-order valence-corrected chi connectivity index (χ2v) is 6.51. The number of allylic oxidation sites excluding steroid dienone is 1. The van der Waals surface area contributed by atoms with Crippen LogP contribution in [-0.2, 0) is 4.79 Å². The van der Waals surface area contributed by atoms with E-state index in [1.165, 1.54) is 0 Å². The fourth-order valence-corrected chi connectivity index (χ4v) is 3.26.